The summed E-state index contributed by atoms with van der Waals surface area (Å²) >= 11 is 0. The second kappa shape index (κ2) is 3.90. The number of piperidine rings is 1. The number of amides is 1. The van der Waals surface area contributed by atoms with Gasteiger partial charge in [-0.1, -0.05) is 13.8 Å². The number of carbonyl (C=O) groups excluding carboxylic acids is 1. The van der Waals surface area contributed by atoms with Gasteiger partial charge in [0.2, 0.25) is 5.91 Å². The SMILES string of the molecule is CC(C)C(=O)N1CCC[C@@H](O)C1. The summed E-state index contributed by atoms with van der Waals surface area (Å²) in [6.45, 7) is 5.12. The monoisotopic (exact) mass is 171 g/mol. The average molecular weight is 171 g/mol. The van der Waals surface area contributed by atoms with Crippen molar-refractivity contribution in [2.75, 3.05) is 13.1 Å². The van der Waals surface area contributed by atoms with E-state index in [0.717, 1.165) is 19.4 Å². The molecule has 0 aromatic heterocycles. The molecule has 0 bridgehead atoms. The fourth-order valence-electron chi connectivity index (χ4n) is 1.52. The Bertz CT molecular complexity index is 168. The molecule has 1 rings (SSSR count). The molecule has 1 aliphatic heterocycles. The van der Waals surface area contributed by atoms with Crippen LogP contribution in [-0.2, 0) is 4.79 Å². The van der Waals surface area contributed by atoms with Crippen LogP contribution in [0.15, 0.2) is 0 Å². The topological polar surface area (TPSA) is 40.5 Å². The van der Waals surface area contributed by atoms with E-state index in [4.69, 9.17) is 0 Å². The fraction of sp³-hybridized carbons (Fsp3) is 0.889. The van der Waals surface area contributed by atoms with E-state index in [2.05, 4.69) is 0 Å². The standard InChI is InChI=1S/C9H17NO2/c1-7(2)9(12)10-5-3-4-8(11)6-10/h7-8,11H,3-6H2,1-2H3/t8-/m1/s1. The van der Waals surface area contributed by atoms with Gasteiger partial charge in [0.15, 0.2) is 0 Å². The van der Waals surface area contributed by atoms with Gasteiger partial charge >= 0.3 is 0 Å². The molecule has 1 saturated heterocycles. The Morgan fingerprint density at radius 3 is 2.75 bits per heavy atom. The maximum Gasteiger partial charge on any atom is 0.225 e. The van der Waals surface area contributed by atoms with Crippen LogP contribution in [0.3, 0.4) is 0 Å². The highest BCUT2D eigenvalue weighted by molar-refractivity contribution is 5.78. The Kier molecular flexibility index (Phi) is 3.09. The molecule has 0 unspecified atom stereocenters. The van der Waals surface area contributed by atoms with Crippen LogP contribution in [0, 0.1) is 5.92 Å². The van der Waals surface area contributed by atoms with Gasteiger partial charge in [0.1, 0.15) is 0 Å². The zero-order valence-electron chi connectivity index (χ0n) is 7.79. The summed E-state index contributed by atoms with van der Waals surface area (Å²) in [7, 11) is 0. The zero-order chi connectivity index (χ0) is 9.14. The lowest BCUT2D eigenvalue weighted by molar-refractivity contribution is -0.137. The summed E-state index contributed by atoms with van der Waals surface area (Å²) in [5.41, 5.74) is 0. The molecule has 0 aliphatic carbocycles. The lowest BCUT2D eigenvalue weighted by Gasteiger charge is -2.31. The average Bonchev–Trinajstić information content (AvgIpc) is 2.03. The van der Waals surface area contributed by atoms with Crippen molar-refractivity contribution in [2.45, 2.75) is 32.8 Å². The Balaban J connectivity index is 2.46. The van der Waals surface area contributed by atoms with E-state index in [1.54, 1.807) is 4.90 Å². The molecule has 70 valence electrons. The van der Waals surface area contributed by atoms with Crippen LogP contribution >= 0.6 is 0 Å². The first-order valence-electron chi connectivity index (χ1n) is 4.58. The third kappa shape index (κ3) is 2.21. The molecule has 1 atom stereocenters. The molecule has 0 saturated carbocycles. The smallest absolute Gasteiger partial charge is 0.225 e. The van der Waals surface area contributed by atoms with Gasteiger partial charge in [0, 0.05) is 19.0 Å². The molecule has 0 aromatic rings. The number of aliphatic hydroxyl groups is 1. The highest BCUT2D eigenvalue weighted by atomic mass is 16.3. The molecule has 1 N–H and O–H groups in total. The van der Waals surface area contributed by atoms with Crippen molar-refractivity contribution >= 4 is 5.91 Å². The van der Waals surface area contributed by atoms with Crippen LogP contribution < -0.4 is 0 Å². The van der Waals surface area contributed by atoms with Gasteiger partial charge in [-0.2, -0.15) is 0 Å². The maximum absolute atomic E-state index is 11.5. The predicted molar refractivity (Wildman–Crippen MR) is 46.7 cm³/mol. The zero-order valence-corrected chi connectivity index (χ0v) is 7.79. The Morgan fingerprint density at radius 1 is 1.58 bits per heavy atom. The predicted octanol–water partition coefficient (Wildman–Crippen LogP) is 0.626. The number of nitrogens with zero attached hydrogens (tertiary/aromatic N) is 1. The number of aliphatic hydroxyl groups excluding tert-OH is 1. The minimum Gasteiger partial charge on any atom is -0.391 e. The molecule has 12 heavy (non-hydrogen) atoms. The Labute approximate surface area is 73.4 Å². The van der Waals surface area contributed by atoms with Crippen molar-refractivity contribution in [3.8, 4) is 0 Å². The van der Waals surface area contributed by atoms with Crippen LogP contribution in [0.1, 0.15) is 26.7 Å². The number of hydrogen-bond acceptors (Lipinski definition) is 2. The third-order valence-electron chi connectivity index (χ3n) is 2.20. The minimum atomic E-state index is -0.304. The molecular weight excluding hydrogens is 154 g/mol. The van der Waals surface area contributed by atoms with Gasteiger partial charge in [-0.05, 0) is 12.8 Å². The van der Waals surface area contributed by atoms with Crippen molar-refractivity contribution in [3.05, 3.63) is 0 Å². The van der Waals surface area contributed by atoms with Gasteiger partial charge in [0.05, 0.1) is 6.10 Å². The quantitative estimate of drug-likeness (QED) is 0.628. The molecule has 0 aromatic carbocycles. The third-order valence-corrected chi connectivity index (χ3v) is 2.20. The van der Waals surface area contributed by atoms with E-state index < -0.39 is 0 Å². The Hall–Kier alpha value is -0.570. The summed E-state index contributed by atoms with van der Waals surface area (Å²) in [4.78, 5) is 13.2. The van der Waals surface area contributed by atoms with Crippen molar-refractivity contribution in [1.29, 1.82) is 0 Å². The lowest BCUT2D eigenvalue weighted by atomic mass is 10.1. The number of rotatable bonds is 1. The van der Waals surface area contributed by atoms with Gasteiger partial charge in [-0.25, -0.2) is 0 Å². The normalized spacial score (nSPS) is 24.7. The second-order valence-electron chi connectivity index (χ2n) is 3.74. The Morgan fingerprint density at radius 2 is 2.25 bits per heavy atom. The van der Waals surface area contributed by atoms with E-state index in [1.165, 1.54) is 0 Å². The van der Waals surface area contributed by atoms with Crippen LogP contribution in [0.4, 0.5) is 0 Å². The van der Waals surface area contributed by atoms with E-state index in [1.807, 2.05) is 13.8 Å². The maximum atomic E-state index is 11.5. The second-order valence-corrected chi connectivity index (χ2v) is 3.74. The van der Waals surface area contributed by atoms with E-state index in [0.29, 0.717) is 6.54 Å². The summed E-state index contributed by atoms with van der Waals surface area (Å²) < 4.78 is 0. The molecule has 1 heterocycles. The highest BCUT2D eigenvalue weighted by Crippen LogP contribution is 2.12. The number of β-amino-alcohol motifs (C(OH)–C–C–N with tert-alkyl or cyclic N) is 1. The minimum absolute atomic E-state index is 0.0512. The van der Waals surface area contributed by atoms with Crippen molar-refractivity contribution in [3.63, 3.8) is 0 Å². The van der Waals surface area contributed by atoms with Gasteiger partial charge < -0.3 is 10.0 Å². The summed E-state index contributed by atoms with van der Waals surface area (Å²) in [5, 5.41) is 9.32. The first kappa shape index (κ1) is 9.52. The summed E-state index contributed by atoms with van der Waals surface area (Å²) in [5.74, 6) is 0.212. The molecule has 1 aliphatic rings. The van der Waals surface area contributed by atoms with E-state index in [-0.39, 0.29) is 17.9 Å². The highest BCUT2D eigenvalue weighted by Gasteiger charge is 2.23. The largest absolute Gasteiger partial charge is 0.391 e. The first-order valence-corrected chi connectivity index (χ1v) is 4.58. The number of carbonyl (C=O) groups is 1. The molecule has 0 radical (unpaired) electrons. The van der Waals surface area contributed by atoms with Crippen LogP contribution in [0.5, 0.6) is 0 Å². The van der Waals surface area contributed by atoms with Crippen molar-refractivity contribution < 1.29 is 9.90 Å². The molecule has 1 amide bonds. The first-order chi connectivity index (χ1) is 5.61. The van der Waals surface area contributed by atoms with Crippen LogP contribution in [0.2, 0.25) is 0 Å². The van der Waals surface area contributed by atoms with Gasteiger partial charge in [0.25, 0.3) is 0 Å². The van der Waals surface area contributed by atoms with E-state index >= 15 is 0 Å². The summed E-state index contributed by atoms with van der Waals surface area (Å²) in [6.07, 6.45) is 1.46. The molecular formula is C9H17NO2. The van der Waals surface area contributed by atoms with Crippen LogP contribution in [-0.4, -0.2) is 35.1 Å². The van der Waals surface area contributed by atoms with E-state index in [9.17, 15) is 9.90 Å². The molecule has 3 nitrogen and oxygen atoms in total. The molecule has 1 fully saturated rings. The van der Waals surface area contributed by atoms with Crippen molar-refractivity contribution in [2.24, 2.45) is 5.92 Å². The number of hydrogen-bond donors (Lipinski definition) is 1. The lowest BCUT2D eigenvalue weighted by Crippen LogP contribution is -2.43. The van der Waals surface area contributed by atoms with Crippen LogP contribution in [0.25, 0.3) is 0 Å². The summed E-state index contributed by atoms with van der Waals surface area (Å²) in [6, 6.07) is 0. The number of likely N-dealkylation sites (tertiary alicyclic amines) is 1. The fourth-order valence-corrected chi connectivity index (χ4v) is 1.52. The van der Waals surface area contributed by atoms with Gasteiger partial charge in [-0.15, -0.1) is 0 Å². The molecule has 3 heteroatoms. The van der Waals surface area contributed by atoms with Gasteiger partial charge in [-0.3, -0.25) is 4.79 Å². The molecule has 0 spiro atoms. The van der Waals surface area contributed by atoms with Crippen molar-refractivity contribution in [1.82, 2.24) is 4.90 Å².